The van der Waals surface area contributed by atoms with Crippen molar-refractivity contribution >= 4 is 34.7 Å². The molecule has 5 nitrogen and oxygen atoms in total. The molecule has 1 aromatic carbocycles. The Morgan fingerprint density at radius 2 is 1.95 bits per heavy atom. The summed E-state index contributed by atoms with van der Waals surface area (Å²) in [5.74, 6) is -0.366. The van der Waals surface area contributed by atoms with Gasteiger partial charge in [0.05, 0.1) is 12.7 Å². The van der Waals surface area contributed by atoms with Gasteiger partial charge in [0.25, 0.3) is 0 Å². The van der Waals surface area contributed by atoms with Gasteiger partial charge >= 0.3 is 12.1 Å². The second-order valence-electron chi connectivity index (χ2n) is 6.24. The predicted octanol–water partition coefficient (Wildman–Crippen LogP) is 3.37. The molecule has 0 bridgehead atoms. The maximum Gasteiger partial charge on any atom is 0.410 e. The number of ether oxygens (including phenoxy) is 2. The van der Waals surface area contributed by atoms with Crippen LogP contribution in [0.5, 0.6) is 0 Å². The van der Waals surface area contributed by atoms with E-state index in [1.54, 1.807) is 11.0 Å². The van der Waals surface area contributed by atoms with E-state index in [9.17, 15) is 9.59 Å². The van der Waals surface area contributed by atoms with Crippen LogP contribution in [-0.2, 0) is 22.4 Å². The Bertz CT molecular complexity index is 607. The van der Waals surface area contributed by atoms with Crippen molar-refractivity contribution in [1.29, 1.82) is 0 Å². The summed E-state index contributed by atoms with van der Waals surface area (Å²) in [6.45, 7) is 6.61. The summed E-state index contributed by atoms with van der Waals surface area (Å²) in [6, 6.07) is 3.63. The Kier molecular flexibility index (Phi) is 4.99. The lowest BCUT2D eigenvalue weighted by Crippen LogP contribution is -2.40. The lowest BCUT2D eigenvalue weighted by molar-refractivity contribution is 0.0223. The zero-order valence-electron chi connectivity index (χ0n) is 13.2. The van der Waals surface area contributed by atoms with Gasteiger partial charge in [-0.2, -0.15) is 0 Å². The van der Waals surface area contributed by atoms with Gasteiger partial charge in [-0.3, -0.25) is 0 Å². The van der Waals surface area contributed by atoms with Crippen LogP contribution in [0.2, 0.25) is 0 Å². The average Bonchev–Trinajstić information content (AvgIpc) is 2.43. The zero-order chi connectivity index (χ0) is 16.5. The maximum absolute atomic E-state index is 12.2. The number of rotatable bonds is 1. The Morgan fingerprint density at radius 1 is 1.27 bits per heavy atom. The molecule has 6 heteroatoms. The van der Waals surface area contributed by atoms with Gasteiger partial charge in [-0.15, -0.1) is 0 Å². The fourth-order valence-corrected chi connectivity index (χ4v) is 3.32. The highest BCUT2D eigenvalue weighted by Crippen LogP contribution is 2.27. The number of fused-ring (bicyclic) bond motifs is 1. The topological polar surface area (TPSA) is 55.8 Å². The molecule has 1 aliphatic heterocycles. The quantitative estimate of drug-likeness (QED) is 0.520. The average molecular weight is 417 g/mol. The fourth-order valence-electron chi connectivity index (χ4n) is 2.36. The molecule has 0 saturated carbocycles. The van der Waals surface area contributed by atoms with Crippen molar-refractivity contribution in [3.63, 3.8) is 0 Å². The molecule has 0 aliphatic carbocycles. The Hall–Kier alpha value is -1.31. The van der Waals surface area contributed by atoms with Crippen molar-refractivity contribution in [1.82, 2.24) is 4.90 Å². The van der Waals surface area contributed by atoms with Gasteiger partial charge in [0.2, 0.25) is 0 Å². The Morgan fingerprint density at radius 3 is 2.55 bits per heavy atom. The highest BCUT2D eigenvalue weighted by molar-refractivity contribution is 14.1. The first kappa shape index (κ1) is 17.1. The largest absolute Gasteiger partial charge is 0.465 e. The van der Waals surface area contributed by atoms with E-state index in [0.717, 1.165) is 15.6 Å². The number of carbonyl (C=O) groups is 2. The van der Waals surface area contributed by atoms with Gasteiger partial charge in [0.15, 0.2) is 0 Å². The van der Waals surface area contributed by atoms with E-state index in [1.807, 2.05) is 26.8 Å². The lowest BCUT2D eigenvalue weighted by atomic mass is 9.97. The minimum Gasteiger partial charge on any atom is -0.465 e. The molecule has 0 saturated heterocycles. The second kappa shape index (κ2) is 6.44. The van der Waals surface area contributed by atoms with Crippen molar-refractivity contribution in [3.05, 3.63) is 32.4 Å². The van der Waals surface area contributed by atoms with Crippen LogP contribution >= 0.6 is 22.6 Å². The molecule has 1 aromatic rings. The normalized spacial score (nSPS) is 14.3. The third-order valence-electron chi connectivity index (χ3n) is 3.35. The van der Waals surface area contributed by atoms with E-state index < -0.39 is 5.60 Å². The third kappa shape index (κ3) is 3.91. The van der Waals surface area contributed by atoms with Crippen molar-refractivity contribution in [2.75, 3.05) is 13.7 Å². The maximum atomic E-state index is 12.2. The smallest absolute Gasteiger partial charge is 0.410 e. The Balaban J connectivity index is 2.23. The van der Waals surface area contributed by atoms with Crippen molar-refractivity contribution < 1.29 is 19.1 Å². The van der Waals surface area contributed by atoms with Crippen LogP contribution in [0.1, 0.15) is 42.3 Å². The highest BCUT2D eigenvalue weighted by Gasteiger charge is 2.27. The first-order chi connectivity index (χ1) is 10.2. The first-order valence-electron chi connectivity index (χ1n) is 7.09. The molecule has 0 N–H and O–H groups in total. The van der Waals surface area contributed by atoms with Crippen LogP contribution < -0.4 is 0 Å². The Labute approximate surface area is 144 Å². The summed E-state index contributed by atoms with van der Waals surface area (Å²) < 4.78 is 11.2. The molecule has 1 heterocycles. The molecular weight excluding hydrogens is 397 g/mol. The number of hydrogen-bond acceptors (Lipinski definition) is 4. The number of amides is 1. The number of hydrogen-bond donors (Lipinski definition) is 0. The van der Waals surface area contributed by atoms with Gasteiger partial charge in [-0.05, 0) is 73.0 Å². The monoisotopic (exact) mass is 417 g/mol. The molecule has 0 atom stereocenters. The molecule has 0 aromatic heterocycles. The van der Waals surface area contributed by atoms with Gasteiger partial charge in [0, 0.05) is 16.7 Å². The fraction of sp³-hybridized carbons (Fsp3) is 0.500. The molecule has 1 aliphatic rings. The van der Waals surface area contributed by atoms with Gasteiger partial charge < -0.3 is 14.4 Å². The summed E-state index contributed by atoms with van der Waals surface area (Å²) in [6.07, 6.45) is 0.436. The third-order valence-corrected chi connectivity index (χ3v) is 4.32. The molecule has 0 spiro atoms. The van der Waals surface area contributed by atoms with Crippen molar-refractivity contribution in [2.24, 2.45) is 0 Å². The number of methoxy groups -OCH3 is 1. The number of esters is 1. The van der Waals surface area contributed by atoms with Crippen LogP contribution in [-0.4, -0.2) is 36.2 Å². The van der Waals surface area contributed by atoms with E-state index in [-0.39, 0.29) is 12.1 Å². The first-order valence-corrected chi connectivity index (χ1v) is 8.16. The summed E-state index contributed by atoms with van der Waals surface area (Å²) in [5.41, 5.74) is 2.16. The van der Waals surface area contributed by atoms with Gasteiger partial charge in [-0.25, -0.2) is 9.59 Å². The van der Waals surface area contributed by atoms with E-state index in [1.165, 1.54) is 12.7 Å². The standard InChI is InChI=1S/C16H20INO4/c1-16(2,3)22-15(20)18-6-5-12-11(9-18)7-10(8-13(12)17)14(19)21-4/h7-8H,5-6,9H2,1-4H3. The molecule has 1 amide bonds. The van der Waals surface area contributed by atoms with E-state index >= 15 is 0 Å². The zero-order valence-corrected chi connectivity index (χ0v) is 15.4. The summed E-state index contributed by atoms with van der Waals surface area (Å²) in [5, 5.41) is 0. The molecule has 120 valence electrons. The summed E-state index contributed by atoms with van der Waals surface area (Å²) >= 11 is 2.22. The summed E-state index contributed by atoms with van der Waals surface area (Å²) in [4.78, 5) is 25.6. The van der Waals surface area contributed by atoms with Crippen molar-refractivity contribution in [3.8, 4) is 0 Å². The van der Waals surface area contributed by atoms with Gasteiger partial charge in [0.1, 0.15) is 5.60 Å². The number of carbonyl (C=O) groups excluding carboxylic acids is 2. The number of halogens is 1. The number of nitrogens with zero attached hydrogens (tertiary/aromatic N) is 1. The minimum atomic E-state index is -0.514. The molecule has 2 rings (SSSR count). The summed E-state index contributed by atoms with van der Waals surface area (Å²) in [7, 11) is 1.36. The van der Waals surface area contributed by atoms with Crippen LogP contribution in [0.25, 0.3) is 0 Å². The lowest BCUT2D eigenvalue weighted by Gasteiger charge is -2.31. The van der Waals surface area contributed by atoms with E-state index in [4.69, 9.17) is 9.47 Å². The van der Waals surface area contributed by atoms with Crippen LogP contribution in [0, 0.1) is 3.57 Å². The molecule has 0 unspecified atom stereocenters. The highest BCUT2D eigenvalue weighted by atomic mass is 127. The second-order valence-corrected chi connectivity index (χ2v) is 7.40. The molecular formula is C16H20INO4. The molecule has 0 radical (unpaired) electrons. The van der Waals surface area contributed by atoms with Crippen LogP contribution in [0.3, 0.4) is 0 Å². The molecule has 22 heavy (non-hydrogen) atoms. The SMILES string of the molecule is COC(=O)c1cc(I)c2c(c1)CN(C(=O)OC(C)(C)C)CC2. The molecule has 0 fully saturated rings. The van der Waals surface area contributed by atoms with Crippen LogP contribution in [0.4, 0.5) is 4.79 Å². The number of benzene rings is 1. The van der Waals surface area contributed by atoms with Crippen LogP contribution in [0.15, 0.2) is 12.1 Å². The predicted molar refractivity (Wildman–Crippen MR) is 90.8 cm³/mol. The van der Waals surface area contributed by atoms with E-state index in [0.29, 0.717) is 18.7 Å². The minimum absolute atomic E-state index is 0.323. The van der Waals surface area contributed by atoms with E-state index in [2.05, 4.69) is 22.6 Å². The van der Waals surface area contributed by atoms with Gasteiger partial charge in [-0.1, -0.05) is 0 Å². The van der Waals surface area contributed by atoms with Crippen molar-refractivity contribution in [2.45, 2.75) is 39.3 Å².